The molecule has 21 heavy (non-hydrogen) atoms. The summed E-state index contributed by atoms with van der Waals surface area (Å²) in [6, 6.07) is 5.51. The fraction of sp³-hybridized carbons (Fsp3) is 0.625. The molecule has 0 amide bonds. The molecule has 0 saturated heterocycles. The first-order valence-electron chi connectivity index (χ1n) is 7.85. The Labute approximate surface area is 128 Å². The van der Waals surface area contributed by atoms with Crippen molar-refractivity contribution in [3.05, 3.63) is 29.3 Å². The van der Waals surface area contributed by atoms with E-state index < -0.39 is 10.0 Å². The van der Waals surface area contributed by atoms with Crippen LogP contribution >= 0.6 is 0 Å². The average Bonchev–Trinajstić information content (AvgIpc) is 2.93. The molecule has 0 bridgehead atoms. The second-order valence-corrected chi connectivity index (χ2v) is 7.58. The fourth-order valence-corrected chi connectivity index (χ4v) is 4.09. The van der Waals surface area contributed by atoms with Gasteiger partial charge in [0.25, 0.3) is 0 Å². The van der Waals surface area contributed by atoms with E-state index >= 15 is 0 Å². The molecule has 0 heterocycles. The Kier molecular flexibility index (Phi) is 5.79. The first-order valence-corrected chi connectivity index (χ1v) is 9.34. The first-order chi connectivity index (χ1) is 10.0. The van der Waals surface area contributed by atoms with E-state index in [1.165, 1.54) is 0 Å². The zero-order valence-corrected chi connectivity index (χ0v) is 13.8. The highest BCUT2D eigenvalue weighted by molar-refractivity contribution is 7.89. The lowest BCUT2D eigenvalue weighted by atomic mass is 10.1. The van der Waals surface area contributed by atoms with E-state index in [1.54, 1.807) is 12.1 Å². The predicted molar refractivity (Wildman–Crippen MR) is 85.8 cm³/mol. The number of sulfonamides is 1. The third-order valence-electron chi connectivity index (χ3n) is 4.05. The zero-order chi connectivity index (χ0) is 15.3. The predicted octanol–water partition coefficient (Wildman–Crippen LogP) is 2.72. The van der Waals surface area contributed by atoms with E-state index in [4.69, 9.17) is 0 Å². The number of aryl methyl sites for hydroxylation is 1. The third-order valence-corrected chi connectivity index (χ3v) is 5.57. The van der Waals surface area contributed by atoms with Crippen LogP contribution in [0.1, 0.15) is 50.2 Å². The molecule has 0 aliphatic heterocycles. The molecule has 0 unspecified atom stereocenters. The molecule has 0 radical (unpaired) electrons. The smallest absolute Gasteiger partial charge is 0.240 e. The molecular weight excluding hydrogens is 284 g/mol. The van der Waals surface area contributed by atoms with Crippen molar-refractivity contribution in [3.63, 3.8) is 0 Å². The number of rotatable bonds is 7. The van der Waals surface area contributed by atoms with E-state index in [-0.39, 0.29) is 6.04 Å². The third kappa shape index (κ3) is 4.53. The minimum atomic E-state index is -3.39. The Bertz CT molecular complexity index is 564. The highest BCUT2D eigenvalue weighted by atomic mass is 32.2. The van der Waals surface area contributed by atoms with Crippen LogP contribution in [0, 0.1) is 6.92 Å². The van der Waals surface area contributed by atoms with E-state index in [1.807, 2.05) is 13.0 Å². The van der Waals surface area contributed by atoms with Gasteiger partial charge in [0.1, 0.15) is 0 Å². The van der Waals surface area contributed by atoms with Gasteiger partial charge in [-0.2, -0.15) is 0 Å². The standard InChI is InChI=1S/C16H26N2O2S/c1-3-10-17-12-14-11-16(9-8-13(14)2)21(19,20)18-15-6-4-5-7-15/h8-9,11,15,17-18H,3-7,10,12H2,1-2H3. The van der Waals surface area contributed by atoms with Crippen molar-refractivity contribution >= 4 is 10.0 Å². The molecule has 5 heteroatoms. The molecule has 1 saturated carbocycles. The van der Waals surface area contributed by atoms with Crippen molar-refractivity contribution in [1.82, 2.24) is 10.0 Å². The Balaban J connectivity index is 2.12. The van der Waals surface area contributed by atoms with Gasteiger partial charge in [-0.15, -0.1) is 0 Å². The van der Waals surface area contributed by atoms with Crippen molar-refractivity contribution < 1.29 is 8.42 Å². The van der Waals surface area contributed by atoms with E-state index in [0.717, 1.165) is 49.8 Å². The van der Waals surface area contributed by atoms with Crippen molar-refractivity contribution in [2.24, 2.45) is 0 Å². The summed E-state index contributed by atoms with van der Waals surface area (Å²) in [6.07, 6.45) is 5.22. The minimum Gasteiger partial charge on any atom is -0.313 e. The SMILES string of the molecule is CCCNCc1cc(S(=O)(=O)NC2CCCC2)ccc1C. The lowest BCUT2D eigenvalue weighted by Crippen LogP contribution is -2.32. The van der Waals surface area contributed by atoms with Crippen molar-refractivity contribution in [1.29, 1.82) is 0 Å². The van der Waals surface area contributed by atoms with Gasteiger partial charge in [0, 0.05) is 12.6 Å². The van der Waals surface area contributed by atoms with Crippen molar-refractivity contribution in [2.45, 2.75) is 63.4 Å². The Morgan fingerprint density at radius 3 is 2.62 bits per heavy atom. The molecule has 1 aliphatic carbocycles. The Morgan fingerprint density at radius 2 is 1.95 bits per heavy atom. The second-order valence-electron chi connectivity index (χ2n) is 5.87. The van der Waals surface area contributed by atoms with Gasteiger partial charge in [-0.3, -0.25) is 0 Å². The molecule has 1 aliphatic rings. The summed E-state index contributed by atoms with van der Waals surface area (Å²) >= 11 is 0. The maximum absolute atomic E-state index is 12.5. The zero-order valence-electron chi connectivity index (χ0n) is 13.0. The largest absolute Gasteiger partial charge is 0.313 e. The number of benzene rings is 1. The molecular formula is C16H26N2O2S. The van der Waals surface area contributed by atoms with Gasteiger partial charge in [-0.05, 0) is 56.0 Å². The summed E-state index contributed by atoms with van der Waals surface area (Å²) in [6.45, 7) is 5.79. The molecule has 0 spiro atoms. The molecule has 1 aromatic carbocycles. The monoisotopic (exact) mass is 310 g/mol. The Hall–Kier alpha value is -0.910. The summed E-state index contributed by atoms with van der Waals surface area (Å²) < 4.78 is 27.7. The molecule has 4 nitrogen and oxygen atoms in total. The Morgan fingerprint density at radius 1 is 1.24 bits per heavy atom. The molecule has 0 aromatic heterocycles. The van der Waals surface area contributed by atoms with Gasteiger partial charge in [0.2, 0.25) is 10.0 Å². The molecule has 1 aromatic rings. The molecule has 1 fully saturated rings. The number of hydrogen-bond acceptors (Lipinski definition) is 3. The average molecular weight is 310 g/mol. The van der Waals surface area contributed by atoms with Crippen LogP contribution < -0.4 is 10.0 Å². The van der Waals surface area contributed by atoms with Gasteiger partial charge in [-0.25, -0.2) is 13.1 Å². The summed E-state index contributed by atoms with van der Waals surface area (Å²) in [5, 5.41) is 3.33. The topological polar surface area (TPSA) is 58.2 Å². The number of hydrogen-bond donors (Lipinski definition) is 2. The summed E-state index contributed by atoms with van der Waals surface area (Å²) in [5.74, 6) is 0. The van der Waals surface area contributed by atoms with Gasteiger partial charge in [0.15, 0.2) is 0 Å². The van der Waals surface area contributed by atoms with Crippen molar-refractivity contribution in [2.75, 3.05) is 6.54 Å². The number of nitrogens with one attached hydrogen (secondary N) is 2. The van der Waals surface area contributed by atoms with Crippen LogP contribution in [-0.4, -0.2) is 21.0 Å². The highest BCUT2D eigenvalue weighted by Crippen LogP contribution is 2.21. The molecule has 2 rings (SSSR count). The van der Waals surface area contributed by atoms with E-state index in [9.17, 15) is 8.42 Å². The van der Waals surface area contributed by atoms with Crippen LogP contribution in [0.25, 0.3) is 0 Å². The lowest BCUT2D eigenvalue weighted by molar-refractivity contribution is 0.552. The maximum Gasteiger partial charge on any atom is 0.240 e. The van der Waals surface area contributed by atoms with Gasteiger partial charge in [0.05, 0.1) is 4.90 Å². The maximum atomic E-state index is 12.5. The van der Waals surface area contributed by atoms with Crippen LogP contribution in [0.3, 0.4) is 0 Å². The van der Waals surface area contributed by atoms with Crippen LogP contribution in [0.2, 0.25) is 0 Å². The van der Waals surface area contributed by atoms with Crippen molar-refractivity contribution in [3.8, 4) is 0 Å². The first kappa shape index (κ1) is 16.5. The van der Waals surface area contributed by atoms with Gasteiger partial charge < -0.3 is 5.32 Å². The van der Waals surface area contributed by atoms with Crippen LogP contribution in [0.4, 0.5) is 0 Å². The summed E-state index contributed by atoms with van der Waals surface area (Å²) in [4.78, 5) is 0.383. The van der Waals surface area contributed by atoms with Gasteiger partial charge >= 0.3 is 0 Å². The summed E-state index contributed by atoms with van der Waals surface area (Å²) in [7, 11) is -3.39. The van der Waals surface area contributed by atoms with Crippen LogP contribution in [-0.2, 0) is 16.6 Å². The molecule has 118 valence electrons. The lowest BCUT2D eigenvalue weighted by Gasteiger charge is -2.14. The fourth-order valence-electron chi connectivity index (χ4n) is 2.74. The van der Waals surface area contributed by atoms with E-state index in [2.05, 4.69) is 17.0 Å². The van der Waals surface area contributed by atoms with Crippen LogP contribution in [0.5, 0.6) is 0 Å². The summed E-state index contributed by atoms with van der Waals surface area (Å²) in [5.41, 5.74) is 2.18. The molecule has 0 atom stereocenters. The van der Waals surface area contributed by atoms with Crippen LogP contribution in [0.15, 0.2) is 23.1 Å². The van der Waals surface area contributed by atoms with E-state index in [0.29, 0.717) is 11.4 Å². The normalized spacial score (nSPS) is 16.5. The quantitative estimate of drug-likeness (QED) is 0.761. The minimum absolute atomic E-state index is 0.109. The highest BCUT2D eigenvalue weighted by Gasteiger charge is 2.23. The van der Waals surface area contributed by atoms with Gasteiger partial charge in [-0.1, -0.05) is 25.8 Å². The second kappa shape index (κ2) is 7.38. The molecule has 2 N–H and O–H groups in total.